The average molecular weight is 297 g/mol. The summed E-state index contributed by atoms with van der Waals surface area (Å²) in [5.41, 5.74) is 2.31. The van der Waals surface area contributed by atoms with Crippen molar-refractivity contribution in [2.75, 3.05) is 18.6 Å². The summed E-state index contributed by atoms with van der Waals surface area (Å²) in [7, 11) is 1.35. The molecule has 0 bridgehead atoms. The first kappa shape index (κ1) is 14.1. The average Bonchev–Trinajstić information content (AvgIpc) is 3.20. The van der Waals surface area contributed by atoms with Gasteiger partial charge in [-0.2, -0.15) is 0 Å². The van der Waals surface area contributed by atoms with Crippen LogP contribution in [0.4, 0.5) is 5.69 Å². The topological polar surface area (TPSA) is 59.8 Å². The minimum Gasteiger partial charge on any atom is -0.465 e. The Hall–Kier alpha value is -2.82. The lowest BCUT2D eigenvalue weighted by molar-refractivity contribution is -0.114. The van der Waals surface area contributed by atoms with E-state index >= 15 is 0 Å². The number of benzene rings is 1. The number of ether oxygens (including phenoxy) is 1. The van der Waals surface area contributed by atoms with E-state index in [0.717, 1.165) is 17.7 Å². The van der Waals surface area contributed by atoms with E-state index in [0.29, 0.717) is 17.9 Å². The van der Waals surface area contributed by atoms with Crippen LogP contribution in [0.1, 0.15) is 21.7 Å². The van der Waals surface area contributed by atoms with Gasteiger partial charge in [0.1, 0.15) is 5.76 Å². The highest BCUT2D eigenvalue weighted by Gasteiger charge is 2.24. The van der Waals surface area contributed by atoms with Crippen molar-refractivity contribution in [2.24, 2.45) is 0 Å². The molecule has 1 amide bonds. The molecule has 0 radical (unpaired) electrons. The van der Waals surface area contributed by atoms with E-state index in [2.05, 4.69) is 0 Å². The highest BCUT2D eigenvalue weighted by atomic mass is 16.5. The summed E-state index contributed by atoms with van der Waals surface area (Å²) in [5.74, 6) is 0.153. The maximum absolute atomic E-state index is 12.3. The molecule has 0 unspecified atom stereocenters. The molecule has 0 fully saturated rings. The molecule has 1 aromatic heterocycles. The van der Waals surface area contributed by atoms with E-state index in [1.54, 1.807) is 47.6 Å². The lowest BCUT2D eigenvalue weighted by Crippen LogP contribution is -2.26. The van der Waals surface area contributed by atoms with Crippen LogP contribution in [0.2, 0.25) is 0 Å². The second-order valence-electron chi connectivity index (χ2n) is 4.92. The van der Waals surface area contributed by atoms with Crippen LogP contribution in [0.25, 0.3) is 6.08 Å². The van der Waals surface area contributed by atoms with E-state index in [-0.39, 0.29) is 11.9 Å². The quantitative estimate of drug-likeness (QED) is 0.645. The minimum absolute atomic E-state index is 0.110. The zero-order valence-corrected chi connectivity index (χ0v) is 12.1. The normalized spacial score (nSPS) is 13.4. The number of esters is 1. The molecule has 0 atom stereocenters. The molecule has 5 nitrogen and oxygen atoms in total. The van der Waals surface area contributed by atoms with Crippen LogP contribution >= 0.6 is 0 Å². The fraction of sp³-hybridized carbons (Fsp3) is 0.176. The molecule has 2 aromatic rings. The van der Waals surface area contributed by atoms with E-state index < -0.39 is 0 Å². The van der Waals surface area contributed by atoms with E-state index in [1.165, 1.54) is 13.2 Å². The van der Waals surface area contributed by atoms with Crippen molar-refractivity contribution in [1.29, 1.82) is 0 Å². The number of furan rings is 1. The van der Waals surface area contributed by atoms with Crippen molar-refractivity contribution >= 4 is 23.6 Å². The highest BCUT2D eigenvalue weighted by molar-refractivity contribution is 6.05. The molecule has 1 aliphatic heterocycles. The van der Waals surface area contributed by atoms with Gasteiger partial charge in [-0.1, -0.05) is 0 Å². The van der Waals surface area contributed by atoms with E-state index in [1.807, 2.05) is 0 Å². The number of amides is 1. The molecular weight excluding hydrogens is 282 g/mol. The molecular formula is C17H15NO4. The summed E-state index contributed by atoms with van der Waals surface area (Å²) < 4.78 is 9.87. The van der Waals surface area contributed by atoms with Crippen molar-refractivity contribution in [3.63, 3.8) is 0 Å². The van der Waals surface area contributed by atoms with E-state index in [9.17, 15) is 9.59 Å². The molecule has 1 aliphatic rings. The van der Waals surface area contributed by atoms with Gasteiger partial charge in [0.25, 0.3) is 5.91 Å². The minimum atomic E-state index is -0.370. The largest absolute Gasteiger partial charge is 0.465 e. The third kappa shape index (κ3) is 2.65. The first-order chi connectivity index (χ1) is 10.7. The molecule has 1 aromatic carbocycles. The number of anilines is 1. The summed E-state index contributed by atoms with van der Waals surface area (Å²) in [4.78, 5) is 25.5. The number of rotatable bonds is 3. The van der Waals surface area contributed by atoms with Crippen LogP contribution in [0, 0.1) is 0 Å². The number of hydrogen-bond acceptors (Lipinski definition) is 4. The molecule has 0 saturated heterocycles. The standard InChI is InChI=1S/C17H15NO4/c1-21-17(20)13-4-6-15-12(11-13)8-9-18(15)16(19)7-5-14-3-2-10-22-14/h2-7,10-11H,8-9H2,1H3/b7-5+. The second kappa shape index (κ2) is 5.89. The molecule has 112 valence electrons. The summed E-state index contributed by atoms with van der Waals surface area (Å²) in [5, 5.41) is 0. The Balaban J connectivity index is 1.79. The fourth-order valence-electron chi connectivity index (χ4n) is 2.50. The predicted molar refractivity (Wildman–Crippen MR) is 81.6 cm³/mol. The molecule has 2 heterocycles. The predicted octanol–water partition coefficient (Wildman–Crippen LogP) is 2.67. The number of hydrogen-bond donors (Lipinski definition) is 0. The fourth-order valence-corrected chi connectivity index (χ4v) is 2.50. The van der Waals surface area contributed by atoms with Crippen molar-refractivity contribution in [1.82, 2.24) is 0 Å². The molecule has 0 saturated carbocycles. The van der Waals surface area contributed by atoms with Crippen molar-refractivity contribution in [3.8, 4) is 0 Å². The van der Waals surface area contributed by atoms with Crippen molar-refractivity contribution in [2.45, 2.75) is 6.42 Å². The molecule has 5 heteroatoms. The van der Waals surface area contributed by atoms with Crippen LogP contribution in [0.5, 0.6) is 0 Å². The van der Waals surface area contributed by atoms with Gasteiger partial charge in [0.15, 0.2) is 0 Å². The first-order valence-corrected chi connectivity index (χ1v) is 6.93. The van der Waals surface area contributed by atoms with Crippen LogP contribution in [-0.4, -0.2) is 25.5 Å². The SMILES string of the molecule is COC(=O)c1ccc2c(c1)CCN2C(=O)/C=C/c1ccco1. The van der Waals surface area contributed by atoms with Gasteiger partial charge in [-0.25, -0.2) is 4.79 Å². The van der Waals surface area contributed by atoms with Gasteiger partial charge in [-0.15, -0.1) is 0 Å². The number of methoxy groups -OCH3 is 1. The van der Waals surface area contributed by atoms with Gasteiger partial charge >= 0.3 is 5.97 Å². The van der Waals surface area contributed by atoms with Gasteiger partial charge in [0, 0.05) is 18.3 Å². The molecule has 0 spiro atoms. The summed E-state index contributed by atoms with van der Waals surface area (Å²) in [6.45, 7) is 0.598. The number of carbonyl (C=O) groups excluding carboxylic acids is 2. The van der Waals surface area contributed by atoms with Crippen LogP contribution in [-0.2, 0) is 16.0 Å². The van der Waals surface area contributed by atoms with Crippen LogP contribution < -0.4 is 4.90 Å². The maximum Gasteiger partial charge on any atom is 0.337 e. The first-order valence-electron chi connectivity index (χ1n) is 6.93. The van der Waals surface area contributed by atoms with Crippen molar-refractivity contribution in [3.05, 3.63) is 59.6 Å². The maximum atomic E-state index is 12.3. The van der Waals surface area contributed by atoms with Gasteiger partial charge in [0.2, 0.25) is 0 Å². The number of carbonyl (C=O) groups is 2. The summed E-state index contributed by atoms with van der Waals surface area (Å²) in [6, 6.07) is 8.79. The van der Waals surface area contributed by atoms with Gasteiger partial charge < -0.3 is 14.1 Å². The summed E-state index contributed by atoms with van der Waals surface area (Å²) in [6.07, 6.45) is 5.41. The van der Waals surface area contributed by atoms with Gasteiger partial charge in [0.05, 0.1) is 18.9 Å². The summed E-state index contributed by atoms with van der Waals surface area (Å²) >= 11 is 0. The molecule has 0 N–H and O–H groups in total. The van der Waals surface area contributed by atoms with Crippen molar-refractivity contribution < 1.29 is 18.7 Å². The number of fused-ring (bicyclic) bond motifs is 1. The Morgan fingerprint density at radius 1 is 1.32 bits per heavy atom. The zero-order chi connectivity index (χ0) is 15.5. The Morgan fingerprint density at radius 2 is 2.18 bits per heavy atom. The van der Waals surface area contributed by atoms with Crippen LogP contribution in [0.15, 0.2) is 47.1 Å². The molecule has 22 heavy (non-hydrogen) atoms. The molecule has 0 aliphatic carbocycles. The second-order valence-corrected chi connectivity index (χ2v) is 4.92. The van der Waals surface area contributed by atoms with Crippen LogP contribution in [0.3, 0.4) is 0 Å². The van der Waals surface area contributed by atoms with E-state index in [4.69, 9.17) is 9.15 Å². The lowest BCUT2D eigenvalue weighted by Gasteiger charge is -2.15. The Bertz CT molecular complexity index is 731. The molecule has 3 rings (SSSR count). The monoisotopic (exact) mass is 297 g/mol. The third-order valence-electron chi connectivity index (χ3n) is 3.60. The highest BCUT2D eigenvalue weighted by Crippen LogP contribution is 2.29. The van der Waals surface area contributed by atoms with Gasteiger partial charge in [-0.3, -0.25) is 4.79 Å². The smallest absolute Gasteiger partial charge is 0.337 e. The number of nitrogens with zero attached hydrogens (tertiary/aromatic N) is 1. The zero-order valence-electron chi connectivity index (χ0n) is 12.1. The lowest BCUT2D eigenvalue weighted by atomic mass is 10.1. The Kier molecular flexibility index (Phi) is 3.78. The Labute approximate surface area is 127 Å². The third-order valence-corrected chi connectivity index (χ3v) is 3.60. The van der Waals surface area contributed by atoms with Gasteiger partial charge in [-0.05, 0) is 48.4 Å². The Morgan fingerprint density at radius 3 is 2.91 bits per heavy atom.